The standard InChI is InChI=1S/C9H12N2O3S/c1-3-4-5(7(10)12)8(11)15-6(4)9(13)14-2/h3,11H2,1-2H3,(H2,10,12). The molecule has 0 saturated heterocycles. The first-order valence-electron chi connectivity index (χ1n) is 4.32. The number of anilines is 1. The molecule has 0 aromatic carbocycles. The number of carbonyl (C=O) groups is 2. The Morgan fingerprint density at radius 3 is 2.47 bits per heavy atom. The lowest BCUT2D eigenvalue weighted by Crippen LogP contribution is -2.14. The van der Waals surface area contributed by atoms with Gasteiger partial charge in [-0.2, -0.15) is 0 Å². The second-order valence-electron chi connectivity index (χ2n) is 2.86. The van der Waals surface area contributed by atoms with Gasteiger partial charge in [0.1, 0.15) is 4.88 Å². The molecule has 0 aliphatic rings. The van der Waals surface area contributed by atoms with Gasteiger partial charge in [-0.1, -0.05) is 6.92 Å². The van der Waals surface area contributed by atoms with Crippen LogP contribution in [0.2, 0.25) is 0 Å². The third-order valence-corrected chi connectivity index (χ3v) is 3.05. The number of rotatable bonds is 3. The van der Waals surface area contributed by atoms with Crippen LogP contribution in [0.4, 0.5) is 5.00 Å². The van der Waals surface area contributed by atoms with Crippen molar-refractivity contribution in [3.05, 3.63) is 16.0 Å². The van der Waals surface area contributed by atoms with Crippen LogP contribution < -0.4 is 11.5 Å². The van der Waals surface area contributed by atoms with E-state index >= 15 is 0 Å². The fourth-order valence-electron chi connectivity index (χ4n) is 1.35. The SMILES string of the molecule is CCc1c(C(=O)OC)sc(N)c1C(N)=O. The smallest absolute Gasteiger partial charge is 0.348 e. The zero-order valence-electron chi connectivity index (χ0n) is 8.49. The zero-order chi connectivity index (χ0) is 11.6. The maximum atomic E-state index is 11.4. The molecule has 0 aliphatic carbocycles. The monoisotopic (exact) mass is 228 g/mol. The molecule has 0 spiro atoms. The van der Waals surface area contributed by atoms with E-state index in [9.17, 15) is 9.59 Å². The van der Waals surface area contributed by atoms with Crippen molar-refractivity contribution in [2.24, 2.45) is 5.73 Å². The van der Waals surface area contributed by atoms with Gasteiger partial charge in [0.2, 0.25) is 0 Å². The maximum Gasteiger partial charge on any atom is 0.348 e. The molecule has 1 aromatic heterocycles. The fourth-order valence-corrected chi connectivity index (χ4v) is 2.43. The Morgan fingerprint density at radius 2 is 2.07 bits per heavy atom. The summed E-state index contributed by atoms with van der Waals surface area (Å²) < 4.78 is 4.59. The van der Waals surface area contributed by atoms with Gasteiger partial charge in [0.25, 0.3) is 5.91 Å². The summed E-state index contributed by atoms with van der Waals surface area (Å²) in [5.41, 5.74) is 11.6. The van der Waals surface area contributed by atoms with Crippen LogP contribution in [0.3, 0.4) is 0 Å². The highest BCUT2D eigenvalue weighted by atomic mass is 32.1. The van der Waals surface area contributed by atoms with Crippen molar-refractivity contribution < 1.29 is 14.3 Å². The number of nitrogen functional groups attached to an aromatic ring is 1. The molecule has 0 saturated carbocycles. The van der Waals surface area contributed by atoms with E-state index in [1.807, 2.05) is 6.92 Å². The van der Waals surface area contributed by atoms with Crippen molar-refractivity contribution in [3.8, 4) is 0 Å². The van der Waals surface area contributed by atoms with Gasteiger partial charge in [-0.3, -0.25) is 4.79 Å². The Labute approximate surface area is 91.0 Å². The lowest BCUT2D eigenvalue weighted by Gasteiger charge is -2.00. The number of amides is 1. The van der Waals surface area contributed by atoms with E-state index in [1.54, 1.807) is 0 Å². The largest absolute Gasteiger partial charge is 0.465 e. The summed E-state index contributed by atoms with van der Waals surface area (Å²) in [4.78, 5) is 22.8. The molecule has 1 aromatic rings. The molecule has 6 heteroatoms. The molecule has 1 heterocycles. The van der Waals surface area contributed by atoms with E-state index in [1.165, 1.54) is 7.11 Å². The molecule has 0 bridgehead atoms. The summed E-state index contributed by atoms with van der Waals surface area (Å²) in [7, 11) is 1.28. The van der Waals surface area contributed by atoms with Crippen molar-refractivity contribution in [3.63, 3.8) is 0 Å². The molecule has 0 radical (unpaired) electrons. The van der Waals surface area contributed by atoms with Crippen LogP contribution in [-0.2, 0) is 11.2 Å². The first-order chi connectivity index (χ1) is 7.02. The van der Waals surface area contributed by atoms with Gasteiger partial charge in [0.15, 0.2) is 0 Å². The van der Waals surface area contributed by atoms with Crippen LogP contribution in [-0.4, -0.2) is 19.0 Å². The summed E-state index contributed by atoms with van der Waals surface area (Å²) in [6.45, 7) is 1.82. The number of nitrogens with two attached hydrogens (primary N) is 2. The van der Waals surface area contributed by atoms with Gasteiger partial charge in [0.05, 0.1) is 17.7 Å². The predicted molar refractivity (Wildman–Crippen MR) is 58.0 cm³/mol. The minimum atomic E-state index is -0.615. The molecule has 0 atom stereocenters. The summed E-state index contributed by atoms with van der Waals surface area (Å²) in [5, 5.41) is 0.264. The van der Waals surface area contributed by atoms with Gasteiger partial charge in [-0.25, -0.2) is 4.79 Å². The molecular formula is C9H12N2O3S. The normalized spacial score (nSPS) is 10.0. The van der Waals surface area contributed by atoms with Gasteiger partial charge in [0, 0.05) is 0 Å². The molecule has 1 amide bonds. The predicted octanol–water partition coefficient (Wildman–Crippen LogP) is 0.778. The first-order valence-corrected chi connectivity index (χ1v) is 5.13. The van der Waals surface area contributed by atoms with E-state index in [2.05, 4.69) is 4.74 Å². The average Bonchev–Trinajstić information content (AvgIpc) is 2.53. The minimum absolute atomic E-state index is 0.239. The molecule has 0 unspecified atom stereocenters. The van der Waals surface area contributed by atoms with E-state index in [4.69, 9.17) is 11.5 Å². The number of ether oxygens (including phenoxy) is 1. The second kappa shape index (κ2) is 4.31. The number of thiophene rings is 1. The highest BCUT2D eigenvalue weighted by Gasteiger charge is 2.23. The summed E-state index contributed by atoms with van der Waals surface area (Å²) in [6.07, 6.45) is 0.510. The number of esters is 1. The number of hydrogen-bond donors (Lipinski definition) is 2. The van der Waals surface area contributed by atoms with Crippen LogP contribution in [0.5, 0.6) is 0 Å². The summed E-state index contributed by atoms with van der Waals surface area (Å²) in [6, 6.07) is 0. The molecule has 15 heavy (non-hydrogen) atoms. The van der Waals surface area contributed by atoms with Gasteiger partial charge in [-0.05, 0) is 12.0 Å². The van der Waals surface area contributed by atoms with Crippen molar-refractivity contribution in [2.75, 3.05) is 12.8 Å². The van der Waals surface area contributed by atoms with Crippen LogP contribution in [0.1, 0.15) is 32.5 Å². The van der Waals surface area contributed by atoms with E-state index in [-0.39, 0.29) is 10.6 Å². The average molecular weight is 228 g/mol. The van der Waals surface area contributed by atoms with Crippen LogP contribution in [0.15, 0.2) is 0 Å². The van der Waals surface area contributed by atoms with Gasteiger partial charge < -0.3 is 16.2 Å². The fraction of sp³-hybridized carbons (Fsp3) is 0.333. The summed E-state index contributed by atoms with van der Waals surface area (Å²) in [5.74, 6) is -1.10. The van der Waals surface area contributed by atoms with Gasteiger partial charge >= 0.3 is 5.97 Å². The molecule has 82 valence electrons. The van der Waals surface area contributed by atoms with Crippen molar-refractivity contribution in [2.45, 2.75) is 13.3 Å². The van der Waals surface area contributed by atoms with E-state index in [0.29, 0.717) is 16.9 Å². The molecular weight excluding hydrogens is 216 g/mol. The number of primary amides is 1. The van der Waals surface area contributed by atoms with Crippen molar-refractivity contribution >= 4 is 28.2 Å². The second-order valence-corrected chi connectivity index (χ2v) is 3.91. The van der Waals surface area contributed by atoms with Crippen molar-refractivity contribution in [1.29, 1.82) is 0 Å². The Hall–Kier alpha value is -1.56. The van der Waals surface area contributed by atoms with Crippen LogP contribution in [0, 0.1) is 0 Å². The zero-order valence-corrected chi connectivity index (χ0v) is 9.31. The highest BCUT2D eigenvalue weighted by molar-refractivity contribution is 7.18. The number of carbonyl (C=O) groups excluding carboxylic acids is 2. The lowest BCUT2D eigenvalue weighted by molar-refractivity contribution is 0.0605. The Bertz CT molecular complexity index is 412. The Morgan fingerprint density at radius 1 is 1.47 bits per heavy atom. The number of hydrogen-bond acceptors (Lipinski definition) is 5. The molecule has 4 N–H and O–H groups in total. The first kappa shape index (κ1) is 11.5. The quantitative estimate of drug-likeness (QED) is 0.747. The highest BCUT2D eigenvalue weighted by Crippen LogP contribution is 2.31. The third kappa shape index (κ3) is 1.94. The van der Waals surface area contributed by atoms with E-state index in [0.717, 1.165) is 11.3 Å². The molecule has 0 aliphatic heterocycles. The van der Waals surface area contributed by atoms with Crippen LogP contribution in [0.25, 0.3) is 0 Å². The van der Waals surface area contributed by atoms with Crippen LogP contribution >= 0.6 is 11.3 Å². The van der Waals surface area contributed by atoms with Gasteiger partial charge in [-0.15, -0.1) is 11.3 Å². The molecule has 5 nitrogen and oxygen atoms in total. The molecule has 0 fully saturated rings. The maximum absolute atomic E-state index is 11.4. The minimum Gasteiger partial charge on any atom is -0.465 e. The Kier molecular flexibility index (Phi) is 3.31. The lowest BCUT2D eigenvalue weighted by atomic mass is 10.1. The van der Waals surface area contributed by atoms with Crippen molar-refractivity contribution in [1.82, 2.24) is 0 Å². The number of methoxy groups -OCH3 is 1. The Balaban J connectivity index is 3.37. The third-order valence-electron chi connectivity index (χ3n) is 2.01. The topological polar surface area (TPSA) is 95.4 Å². The molecule has 1 rings (SSSR count). The van der Waals surface area contributed by atoms with E-state index < -0.39 is 11.9 Å². The summed E-state index contributed by atoms with van der Waals surface area (Å²) >= 11 is 1.03.